The molecule has 1 nitrogen and oxygen atoms in total. The van der Waals surface area contributed by atoms with Crippen molar-refractivity contribution < 1.29 is 18.3 Å². The van der Waals surface area contributed by atoms with Gasteiger partial charge in [-0.25, -0.2) is 0 Å². The summed E-state index contributed by atoms with van der Waals surface area (Å²) in [6.45, 7) is 3.84. The van der Waals surface area contributed by atoms with Crippen molar-refractivity contribution in [1.82, 2.24) is 0 Å². The van der Waals surface area contributed by atoms with Gasteiger partial charge in [0.05, 0.1) is 12.2 Å². The second-order valence-corrected chi connectivity index (χ2v) is 3.76. The van der Waals surface area contributed by atoms with Crippen LogP contribution in [0.25, 0.3) is 0 Å². The maximum absolute atomic E-state index is 12.0. The monoisotopic (exact) mass is 236 g/mol. The Balaban J connectivity index is 4.65. The summed E-state index contributed by atoms with van der Waals surface area (Å²) in [5, 5.41) is 9.68. The molecule has 0 radical (unpaired) electrons. The van der Waals surface area contributed by atoms with Crippen LogP contribution >= 0.6 is 0 Å². The fourth-order valence-electron chi connectivity index (χ4n) is 1.35. The number of unbranched alkanes of at least 4 members (excludes halogenated alkanes) is 1. The second kappa shape index (κ2) is 7.53. The van der Waals surface area contributed by atoms with E-state index in [1.165, 1.54) is 0 Å². The Bertz CT molecular complexity index is 249. The number of aliphatic hydroxyl groups excluding tert-OH is 1. The van der Waals surface area contributed by atoms with E-state index in [0.29, 0.717) is 24.8 Å². The normalized spacial score (nSPS) is 13.1. The molecule has 94 valence electrons. The Labute approximate surface area is 94.7 Å². The molecule has 0 aliphatic rings. The van der Waals surface area contributed by atoms with E-state index in [4.69, 9.17) is 0 Å². The number of hydrogen-bond donors (Lipinski definition) is 1. The molecular weight excluding hydrogens is 217 g/mol. The zero-order valence-corrected chi connectivity index (χ0v) is 9.77. The van der Waals surface area contributed by atoms with Crippen molar-refractivity contribution >= 4 is 0 Å². The highest BCUT2D eigenvalue weighted by atomic mass is 19.4. The summed E-state index contributed by atoms with van der Waals surface area (Å²) in [7, 11) is 0. The van der Waals surface area contributed by atoms with Gasteiger partial charge < -0.3 is 5.11 Å². The minimum atomic E-state index is -4.36. The lowest BCUT2D eigenvalue weighted by atomic mass is 10.0. The van der Waals surface area contributed by atoms with Crippen molar-refractivity contribution in [2.24, 2.45) is 0 Å². The molecule has 1 N–H and O–H groups in total. The average Bonchev–Trinajstić information content (AvgIpc) is 2.19. The summed E-state index contributed by atoms with van der Waals surface area (Å²) < 4.78 is 35.9. The highest BCUT2D eigenvalue weighted by molar-refractivity contribution is 5.08. The number of hydrogen-bond acceptors (Lipinski definition) is 1. The lowest BCUT2D eigenvalue weighted by Crippen LogP contribution is -2.10. The van der Waals surface area contributed by atoms with Gasteiger partial charge >= 0.3 is 6.18 Å². The summed E-state index contributed by atoms with van der Waals surface area (Å²) in [5.41, 5.74) is 2.54. The molecule has 1 atom stereocenters. The third kappa shape index (κ3) is 7.55. The predicted molar refractivity (Wildman–Crippen MR) is 58.1 cm³/mol. The molecule has 4 heteroatoms. The van der Waals surface area contributed by atoms with E-state index in [2.05, 4.69) is 5.73 Å². The first kappa shape index (κ1) is 15.3. The third-order valence-corrected chi connectivity index (χ3v) is 2.17. The molecule has 0 saturated carbocycles. The molecule has 0 amide bonds. The van der Waals surface area contributed by atoms with Crippen molar-refractivity contribution in [3.63, 3.8) is 0 Å². The van der Waals surface area contributed by atoms with Crippen molar-refractivity contribution in [3.05, 3.63) is 17.4 Å². The first-order valence-corrected chi connectivity index (χ1v) is 5.62. The molecule has 0 heterocycles. The van der Waals surface area contributed by atoms with E-state index >= 15 is 0 Å². The Morgan fingerprint density at radius 2 is 1.94 bits per heavy atom. The Morgan fingerprint density at radius 3 is 2.38 bits per heavy atom. The predicted octanol–water partition coefficient (Wildman–Crippen LogP) is 3.98. The number of rotatable bonds is 6. The van der Waals surface area contributed by atoms with Crippen LogP contribution in [0.2, 0.25) is 0 Å². The molecule has 0 bridgehead atoms. The van der Waals surface area contributed by atoms with Crippen LogP contribution in [-0.4, -0.2) is 17.4 Å². The fraction of sp³-hybridized carbons (Fsp3) is 0.750. The van der Waals surface area contributed by atoms with Crippen molar-refractivity contribution in [2.75, 3.05) is 0 Å². The van der Waals surface area contributed by atoms with Crippen LogP contribution in [0.5, 0.6) is 0 Å². The molecule has 0 aromatic carbocycles. The molecule has 0 aliphatic carbocycles. The van der Waals surface area contributed by atoms with Gasteiger partial charge in [-0.15, -0.1) is 5.73 Å². The topological polar surface area (TPSA) is 20.2 Å². The van der Waals surface area contributed by atoms with E-state index < -0.39 is 12.3 Å². The Morgan fingerprint density at radius 1 is 1.31 bits per heavy atom. The quantitative estimate of drug-likeness (QED) is 0.691. The van der Waals surface area contributed by atoms with Gasteiger partial charge in [0.25, 0.3) is 0 Å². The number of aliphatic hydroxyl groups is 1. The van der Waals surface area contributed by atoms with Crippen molar-refractivity contribution in [1.29, 1.82) is 0 Å². The zero-order chi connectivity index (χ0) is 12.6. The molecule has 0 aromatic rings. The summed E-state index contributed by atoms with van der Waals surface area (Å²) in [6.07, 6.45) is -1.68. The lowest BCUT2D eigenvalue weighted by molar-refractivity contribution is -0.0797. The van der Waals surface area contributed by atoms with Gasteiger partial charge in [-0.2, -0.15) is 13.2 Å². The maximum atomic E-state index is 12.0. The van der Waals surface area contributed by atoms with E-state index in [9.17, 15) is 18.3 Å². The van der Waals surface area contributed by atoms with Crippen molar-refractivity contribution in [2.45, 2.75) is 58.2 Å². The molecule has 1 unspecified atom stereocenters. The minimum Gasteiger partial charge on any atom is -0.388 e. The van der Waals surface area contributed by atoms with E-state index in [1.54, 1.807) is 0 Å². The van der Waals surface area contributed by atoms with Crippen LogP contribution in [0.4, 0.5) is 13.2 Å². The van der Waals surface area contributed by atoms with Crippen molar-refractivity contribution in [3.8, 4) is 0 Å². The largest absolute Gasteiger partial charge is 0.416 e. The van der Waals surface area contributed by atoms with E-state index in [-0.39, 0.29) is 6.08 Å². The van der Waals surface area contributed by atoms with Gasteiger partial charge in [-0.3, -0.25) is 0 Å². The number of halogens is 3. The van der Waals surface area contributed by atoms with E-state index in [0.717, 1.165) is 12.8 Å². The lowest BCUT2D eigenvalue weighted by Gasteiger charge is -2.11. The van der Waals surface area contributed by atoms with Crippen LogP contribution in [0, 0.1) is 0 Å². The highest BCUT2D eigenvalue weighted by Crippen LogP contribution is 2.18. The fourth-order valence-corrected chi connectivity index (χ4v) is 1.35. The smallest absolute Gasteiger partial charge is 0.388 e. The zero-order valence-electron chi connectivity index (χ0n) is 9.77. The molecule has 16 heavy (non-hydrogen) atoms. The van der Waals surface area contributed by atoms with Gasteiger partial charge in [0.2, 0.25) is 0 Å². The summed E-state index contributed by atoms with van der Waals surface area (Å²) in [4.78, 5) is 0. The first-order valence-electron chi connectivity index (χ1n) is 5.62. The van der Waals surface area contributed by atoms with Crippen LogP contribution in [0.15, 0.2) is 17.4 Å². The van der Waals surface area contributed by atoms with E-state index in [1.807, 2.05) is 13.8 Å². The molecule has 0 aromatic heterocycles. The number of alkyl halides is 3. The minimum absolute atomic E-state index is 0.0765. The molecule has 0 fully saturated rings. The summed E-state index contributed by atoms with van der Waals surface area (Å²) in [6, 6.07) is 0. The standard InChI is InChI=1S/C12H19F3O/c1-3-5-7-11(16)10(6-4-2)8-9-12(13,14)15/h9,11,16H,3-7H2,1-2H3. The van der Waals surface area contributed by atoms with Crippen LogP contribution < -0.4 is 0 Å². The first-order chi connectivity index (χ1) is 7.40. The SMILES string of the molecule is CCCCC(O)C(=C=CC(F)(F)F)CCC. The highest BCUT2D eigenvalue weighted by Gasteiger charge is 2.22. The van der Waals surface area contributed by atoms with Gasteiger partial charge in [0.1, 0.15) is 0 Å². The van der Waals surface area contributed by atoms with Gasteiger partial charge in [-0.05, 0) is 12.8 Å². The molecule has 0 rings (SSSR count). The average molecular weight is 236 g/mol. The van der Waals surface area contributed by atoms with Gasteiger partial charge in [0, 0.05) is 5.57 Å². The third-order valence-electron chi connectivity index (χ3n) is 2.17. The Hall–Kier alpha value is -0.730. The summed E-state index contributed by atoms with van der Waals surface area (Å²) >= 11 is 0. The molecule has 0 spiro atoms. The van der Waals surface area contributed by atoms with Gasteiger partial charge in [-0.1, -0.05) is 33.1 Å². The summed E-state index contributed by atoms with van der Waals surface area (Å²) in [5.74, 6) is 0. The Kier molecular flexibility index (Phi) is 7.18. The van der Waals surface area contributed by atoms with Crippen LogP contribution in [0.3, 0.4) is 0 Å². The van der Waals surface area contributed by atoms with Crippen LogP contribution in [0.1, 0.15) is 46.0 Å². The molecular formula is C12H19F3O. The second-order valence-electron chi connectivity index (χ2n) is 3.76. The van der Waals surface area contributed by atoms with Gasteiger partial charge in [0.15, 0.2) is 0 Å². The molecule has 0 saturated heterocycles. The maximum Gasteiger partial charge on any atom is 0.416 e. The molecule has 0 aliphatic heterocycles. The van der Waals surface area contributed by atoms with Crippen LogP contribution in [-0.2, 0) is 0 Å².